The number of carbonyl (C=O) groups excluding carboxylic acids is 1. The van der Waals surface area contributed by atoms with Crippen LogP contribution in [0.15, 0.2) is 60.8 Å². The molecule has 4 aromatic rings. The summed E-state index contributed by atoms with van der Waals surface area (Å²) in [6.07, 6.45) is 3.98. The van der Waals surface area contributed by atoms with E-state index in [4.69, 9.17) is 14.2 Å². The van der Waals surface area contributed by atoms with Gasteiger partial charge in [-0.1, -0.05) is 12.1 Å². The number of rotatable bonds is 8. The van der Waals surface area contributed by atoms with E-state index in [2.05, 4.69) is 29.3 Å². The van der Waals surface area contributed by atoms with Gasteiger partial charge in [0.15, 0.2) is 11.5 Å². The summed E-state index contributed by atoms with van der Waals surface area (Å²) >= 11 is 0. The Morgan fingerprint density at radius 2 is 1.86 bits per heavy atom. The van der Waals surface area contributed by atoms with Crippen molar-refractivity contribution in [3.05, 3.63) is 66.4 Å². The molecule has 0 saturated heterocycles. The Labute approximate surface area is 204 Å². The van der Waals surface area contributed by atoms with Gasteiger partial charge in [0.1, 0.15) is 18.1 Å². The van der Waals surface area contributed by atoms with E-state index in [1.54, 1.807) is 20.4 Å². The first kappa shape index (κ1) is 22.9. The van der Waals surface area contributed by atoms with Gasteiger partial charge >= 0.3 is 0 Å². The molecule has 3 aromatic carbocycles. The maximum absolute atomic E-state index is 12.2. The molecule has 5 rings (SSSR count). The summed E-state index contributed by atoms with van der Waals surface area (Å²) in [4.78, 5) is 19.0. The van der Waals surface area contributed by atoms with Gasteiger partial charge in [0.25, 0.3) is 5.91 Å². The predicted octanol–water partition coefficient (Wildman–Crippen LogP) is 5.02. The molecule has 180 valence electrons. The molecule has 0 aliphatic heterocycles. The summed E-state index contributed by atoms with van der Waals surface area (Å²) in [7, 11) is 7.44. The summed E-state index contributed by atoms with van der Waals surface area (Å²) in [5, 5.41) is 5.30. The number of amides is 1. The van der Waals surface area contributed by atoms with Crippen LogP contribution in [0.4, 0.5) is 0 Å². The molecule has 0 bridgehead atoms. The highest BCUT2D eigenvalue weighted by atomic mass is 16.5. The third-order valence-corrected chi connectivity index (χ3v) is 6.81. The van der Waals surface area contributed by atoms with Crippen LogP contribution in [0, 0.1) is 0 Å². The van der Waals surface area contributed by atoms with Gasteiger partial charge in [-0.2, -0.15) is 0 Å². The van der Waals surface area contributed by atoms with E-state index in [-0.39, 0.29) is 11.4 Å². The van der Waals surface area contributed by atoms with Gasteiger partial charge in [-0.05, 0) is 74.1 Å². The molecule has 1 N–H and O–H groups in total. The van der Waals surface area contributed by atoms with Crippen LogP contribution in [-0.4, -0.2) is 56.2 Å². The number of likely N-dealkylation sites (N-methyl/N-ethyl adjacent to an activating group) is 1. The Morgan fingerprint density at radius 1 is 1.03 bits per heavy atom. The first-order valence-corrected chi connectivity index (χ1v) is 11.6. The third-order valence-electron chi connectivity index (χ3n) is 6.81. The summed E-state index contributed by atoms with van der Waals surface area (Å²) < 4.78 is 18.1. The molecule has 7 heteroatoms. The fraction of sp³-hybridized carbons (Fsp3) is 0.286. The molecule has 35 heavy (non-hydrogen) atoms. The van der Waals surface area contributed by atoms with E-state index >= 15 is 0 Å². The zero-order valence-corrected chi connectivity index (χ0v) is 20.4. The van der Waals surface area contributed by atoms with Gasteiger partial charge < -0.3 is 24.4 Å². The fourth-order valence-corrected chi connectivity index (χ4v) is 4.35. The Morgan fingerprint density at radius 3 is 2.57 bits per heavy atom. The Bertz CT molecular complexity index is 1410. The number of hydrogen-bond acceptors (Lipinski definition) is 6. The van der Waals surface area contributed by atoms with Crippen LogP contribution >= 0.6 is 0 Å². The summed E-state index contributed by atoms with van der Waals surface area (Å²) in [6.45, 7) is 0.604. The molecule has 1 heterocycles. The van der Waals surface area contributed by atoms with Crippen molar-refractivity contribution in [1.29, 1.82) is 0 Å². The van der Waals surface area contributed by atoms with E-state index in [1.807, 2.05) is 54.6 Å². The van der Waals surface area contributed by atoms with Crippen molar-refractivity contribution in [2.75, 3.05) is 34.9 Å². The minimum Gasteiger partial charge on any atom is -0.493 e. The van der Waals surface area contributed by atoms with Crippen LogP contribution in [0.3, 0.4) is 0 Å². The summed E-state index contributed by atoms with van der Waals surface area (Å²) in [6, 6.07) is 17.0. The molecule has 0 unspecified atom stereocenters. The molecule has 1 saturated carbocycles. The van der Waals surface area contributed by atoms with E-state index < -0.39 is 0 Å². The number of hydrogen-bond donors (Lipinski definition) is 1. The topological polar surface area (TPSA) is 72.9 Å². The van der Waals surface area contributed by atoms with Crippen molar-refractivity contribution in [2.45, 2.75) is 18.4 Å². The van der Waals surface area contributed by atoms with Gasteiger partial charge in [-0.3, -0.25) is 9.78 Å². The van der Waals surface area contributed by atoms with Crippen LogP contribution in [0.25, 0.3) is 21.7 Å². The zero-order chi connectivity index (χ0) is 24.6. The number of carbonyl (C=O) groups is 1. The molecule has 1 aliphatic rings. The molecule has 1 aromatic heterocycles. The first-order valence-electron chi connectivity index (χ1n) is 11.6. The lowest BCUT2D eigenvalue weighted by molar-refractivity contribution is 0.0964. The number of fused-ring (bicyclic) bond motifs is 2. The number of ether oxygens (including phenoxy) is 3. The second kappa shape index (κ2) is 9.07. The maximum atomic E-state index is 12.2. The highest BCUT2D eigenvalue weighted by Crippen LogP contribution is 2.42. The molecule has 1 aliphatic carbocycles. The lowest BCUT2D eigenvalue weighted by Crippen LogP contribution is -2.35. The standard InChI is InChI=1S/C28H29N3O4/c1-29-27(32)21-7-5-6-18-14-19(8-9-20(18)21)35-24-10-13-30-23-16-26(25(33-4)15-22(23)24)34-17-28(11-12-28)31(2)3/h5-10,13-16H,11-12,17H2,1-4H3,(H,29,32). The van der Waals surface area contributed by atoms with E-state index in [0.29, 0.717) is 35.2 Å². The molecule has 0 radical (unpaired) electrons. The van der Waals surface area contributed by atoms with Gasteiger partial charge in [-0.15, -0.1) is 0 Å². The van der Waals surface area contributed by atoms with E-state index in [0.717, 1.165) is 34.5 Å². The van der Waals surface area contributed by atoms with Gasteiger partial charge in [-0.25, -0.2) is 0 Å². The van der Waals surface area contributed by atoms with E-state index in [9.17, 15) is 4.79 Å². The number of pyridine rings is 1. The Balaban J connectivity index is 1.46. The largest absolute Gasteiger partial charge is 0.493 e. The maximum Gasteiger partial charge on any atom is 0.251 e. The highest BCUT2D eigenvalue weighted by Gasteiger charge is 2.45. The summed E-state index contributed by atoms with van der Waals surface area (Å²) in [5.74, 6) is 2.52. The number of aromatic nitrogens is 1. The van der Waals surface area contributed by atoms with Crippen LogP contribution < -0.4 is 19.5 Å². The molecule has 1 fully saturated rings. The van der Waals surface area contributed by atoms with Crippen LogP contribution in [-0.2, 0) is 0 Å². The Kier molecular flexibility index (Phi) is 5.94. The lowest BCUT2D eigenvalue weighted by atomic mass is 10.0. The molecule has 0 atom stereocenters. The van der Waals surface area contributed by atoms with Crippen LogP contribution in [0.5, 0.6) is 23.0 Å². The van der Waals surface area contributed by atoms with Gasteiger partial charge in [0, 0.05) is 30.3 Å². The molecular formula is C28H29N3O4. The van der Waals surface area contributed by atoms with Crippen molar-refractivity contribution in [1.82, 2.24) is 15.2 Å². The second-order valence-corrected chi connectivity index (χ2v) is 9.11. The average Bonchev–Trinajstić information content (AvgIpc) is 3.67. The van der Waals surface area contributed by atoms with Crippen molar-refractivity contribution in [3.8, 4) is 23.0 Å². The van der Waals surface area contributed by atoms with Crippen molar-refractivity contribution < 1.29 is 19.0 Å². The number of nitrogens with zero attached hydrogens (tertiary/aromatic N) is 2. The van der Waals surface area contributed by atoms with Crippen molar-refractivity contribution >= 4 is 27.6 Å². The molecule has 7 nitrogen and oxygen atoms in total. The molecular weight excluding hydrogens is 442 g/mol. The number of nitrogens with one attached hydrogen (secondary N) is 1. The molecule has 1 amide bonds. The van der Waals surface area contributed by atoms with Gasteiger partial charge in [0.2, 0.25) is 0 Å². The SMILES string of the molecule is CNC(=O)c1cccc2cc(Oc3ccnc4cc(OCC5(N(C)C)CC5)c(OC)cc34)ccc12. The fourth-order valence-electron chi connectivity index (χ4n) is 4.35. The minimum atomic E-state index is -0.118. The van der Waals surface area contributed by atoms with Crippen LogP contribution in [0.1, 0.15) is 23.2 Å². The van der Waals surface area contributed by atoms with Gasteiger partial charge in [0.05, 0.1) is 18.2 Å². The van der Waals surface area contributed by atoms with Crippen molar-refractivity contribution in [3.63, 3.8) is 0 Å². The lowest BCUT2D eigenvalue weighted by Gasteiger charge is -2.24. The normalized spacial score (nSPS) is 14.2. The quantitative estimate of drug-likeness (QED) is 0.389. The number of benzene rings is 3. The molecule has 0 spiro atoms. The predicted molar refractivity (Wildman–Crippen MR) is 137 cm³/mol. The summed E-state index contributed by atoms with van der Waals surface area (Å²) in [5.41, 5.74) is 1.49. The van der Waals surface area contributed by atoms with E-state index in [1.165, 1.54) is 0 Å². The first-order chi connectivity index (χ1) is 16.9. The van der Waals surface area contributed by atoms with Crippen LogP contribution in [0.2, 0.25) is 0 Å². The smallest absolute Gasteiger partial charge is 0.251 e. The second-order valence-electron chi connectivity index (χ2n) is 9.11. The number of methoxy groups -OCH3 is 1. The van der Waals surface area contributed by atoms with Crippen molar-refractivity contribution in [2.24, 2.45) is 0 Å². The monoisotopic (exact) mass is 471 g/mol. The Hall–Kier alpha value is -3.84. The highest BCUT2D eigenvalue weighted by molar-refractivity contribution is 6.07. The minimum absolute atomic E-state index is 0.103. The third kappa shape index (κ3) is 4.35. The zero-order valence-electron chi connectivity index (χ0n) is 20.4. The average molecular weight is 472 g/mol.